The van der Waals surface area contributed by atoms with E-state index in [0.29, 0.717) is 6.54 Å². The average Bonchev–Trinajstić information content (AvgIpc) is 2.40. The second-order valence-electron chi connectivity index (χ2n) is 5.76. The van der Waals surface area contributed by atoms with E-state index in [-0.39, 0.29) is 11.6 Å². The molecule has 0 N–H and O–H groups in total. The second-order valence-corrected chi connectivity index (χ2v) is 5.76. The molecule has 20 heavy (non-hydrogen) atoms. The number of aromatic nitrogens is 2. The fraction of sp³-hybridized carbons (Fsp3) is 0.500. The van der Waals surface area contributed by atoms with Crippen LogP contribution >= 0.6 is 0 Å². The molecule has 0 aliphatic heterocycles. The molecule has 0 spiro atoms. The number of nitrogens with zero attached hydrogens (tertiary/aromatic N) is 3. The molecular weight excluding hydrogens is 250 g/mol. The molecule has 0 aliphatic carbocycles. The molecule has 1 aromatic carbocycles. The molecular formula is C16H23N3O. The van der Waals surface area contributed by atoms with Crippen molar-refractivity contribution in [1.29, 1.82) is 0 Å². The van der Waals surface area contributed by atoms with E-state index < -0.39 is 0 Å². The third-order valence-corrected chi connectivity index (χ3v) is 3.45. The van der Waals surface area contributed by atoms with Crippen molar-refractivity contribution in [3.05, 3.63) is 40.4 Å². The van der Waals surface area contributed by atoms with Crippen molar-refractivity contribution in [2.75, 3.05) is 20.6 Å². The Morgan fingerprint density at radius 2 is 1.95 bits per heavy atom. The van der Waals surface area contributed by atoms with E-state index in [4.69, 9.17) is 0 Å². The molecule has 1 heterocycles. The maximum atomic E-state index is 12.3. The maximum Gasteiger partial charge on any atom is 0.348 e. The largest absolute Gasteiger partial charge is 0.348 e. The van der Waals surface area contributed by atoms with Crippen LogP contribution in [0.1, 0.15) is 31.9 Å². The van der Waals surface area contributed by atoms with Gasteiger partial charge in [0, 0.05) is 11.9 Å². The van der Waals surface area contributed by atoms with Gasteiger partial charge in [-0.25, -0.2) is 4.79 Å². The summed E-state index contributed by atoms with van der Waals surface area (Å²) in [5.41, 5.74) is 1.76. The molecule has 0 amide bonds. The summed E-state index contributed by atoms with van der Waals surface area (Å²) in [5, 5.41) is 1.09. The van der Waals surface area contributed by atoms with E-state index >= 15 is 0 Å². The van der Waals surface area contributed by atoms with E-state index in [2.05, 4.69) is 29.8 Å². The average molecular weight is 273 g/mol. The first-order valence-corrected chi connectivity index (χ1v) is 7.15. The van der Waals surface area contributed by atoms with E-state index in [1.807, 2.05) is 32.3 Å². The first-order chi connectivity index (χ1) is 9.50. The van der Waals surface area contributed by atoms with Crippen molar-refractivity contribution in [3.63, 3.8) is 0 Å². The molecule has 0 bridgehead atoms. The van der Waals surface area contributed by atoms with Crippen LogP contribution in [0.25, 0.3) is 10.9 Å². The van der Waals surface area contributed by atoms with Crippen LogP contribution in [0.5, 0.6) is 0 Å². The molecule has 0 saturated carbocycles. The van der Waals surface area contributed by atoms with Crippen molar-refractivity contribution >= 4 is 10.9 Å². The molecule has 0 atom stereocenters. The SMILES string of the molecule is CC(C)c1nc(=O)n(CCCN(C)C)c2ccccc12. The van der Waals surface area contributed by atoms with Gasteiger partial charge in [0.15, 0.2) is 0 Å². The Hall–Kier alpha value is -1.68. The molecule has 4 nitrogen and oxygen atoms in total. The number of fused-ring (bicyclic) bond motifs is 1. The van der Waals surface area contributed by atoms with Crippen LogP contribution < -0.4 is 5.69 Å². The number of aryl methyl sites for hydroxylation is 1. The van der Waals surface area contributed by atoms with Gasteiger partial charge in [-0.2, -0.15) is 4.98 Å². The summed E-state index contributed by atoms with van der Waals surface area (Å²) in [5.74, 6) is 0.254. The molecule has 0 unspecified atom stereocenters. The second kappa shape index (κ2) is 6.18. The third-order valence-electron chi connectivity index (χ3n) is 3.45. The van der Waals surface area contributed by atoms with Gasteiger partial charge in [-0.05, 0) is 39.0 Å². The normalized spacial score (nSPS) is 11.7. The lowest BCUT2D eigenvalue weighted by atomic mass is 10.0. The van der Waals surface area contributed by atoms with Gasteiger partial charge in [0.25, 0.3) is 0 Å². The van der Waals surface area contributed by atoms with Crippen LogP contribution in [0.2, 0.25) is 0 Å². The topological polar surface area (TPSA) is 38.1 Å². The quantitative estimate of drug-likeness (QED) is 0.840. The van der Waals surface area contributed by atoms with E-state index in [0.717, 1.165) is 29.6 Å². The minimum absolute atomic E-state index is 0.133. The van der Waals surface area contributed by atoms with Gasteiger partial charge in [0.1, 0.15) is 0 Å². The molecule has 0 radical (unpaired) electrons. The van der Waals surface area contributed by atoms with Gasteiger partial charge in [-0.3, -0.25) is 4.57 Å². The van der Waals surface area contributed by atoms with E-state index in [1.165, 1.54) is 0 Å². The molecule has 0 saturated heterocycles. The van der Waals surface area contributed by atoms with Crippen LogP contribution in [0, 0.1) is 0 Å². The summed E-state index contributed by atoms with van der Waals surface area (Å²) in [6.07, 6.45) is 0.944. The highest BCUT2D eigenvalue weighted by Crippen LogP contribution is 2.21. The number of benzene rings is 1. The Morgan fingerprint density at radius 1 is 1.25 bits per heavy atom. The monoisotopic (exact) mass is 273 g/mol. The van der Waals surface area contributed by atoms with Crippen molar-refractivity contribution in [2.24, 2.45) is 0 Å². The highest BCUT2D eigenvalue weighted by molar-refractivity contribution is 5.81. The lowest BCUT2D eigenvalue weighted by Crippen LogP contribution is -2.27. The van der Waals surface area contributed by atoms with Crippen LogP contribution in [0.4, 0.5) is 0 Å². The fourth-order valence-corrected chi connectivity index (χ4v) is 2.45. The summed E-state index contributed by atoms with van der Waals surface area (Å²) < 4.78 is 1.80. The fourth-order valence-electron chi connectivity index (χ4n) is 2.45. The zero-order valence-electron chi connectivity index (χ0n) is 12.8. The number of hydrogen-bond acceptors (Lipinski definition) is 3. The van der Waals surface area contributed by atoms with Gasteiger partial charge in [0.05, 0.1) is 11.2 Å². The lowest BCUT2D eigenvalue weighted by Gasteiger charge is -2.15. The Morgan fingerprint density at radius 3 is 2.60 bits per heavy atom. The lowest BCUT2D eigenvalue weighted by molar-refractivity contribution is 0.385. The van der Waals surface area contributed by atoms with Crippen molar-refractivity contribution in [1.82, 2.24) is 14.5 Å². The summed E-state index contributed by atoms with van der Waals surface area (Å²) in [7, 11) is 4.09. The van der Waals surface area contributed by atoms with Crippen LogP contribution in [0.3, 0.4) is 0 Å². The Labute approximate surface area is 120 Å². The van der Waals surface area contributed by atoms with Crippen molar-refractivity contribution in [3.8, 4) is 0 Å². The smallest absolute Gasteiger partial charge is 0.309 e. The van der Waals surface area contributed by atoms with Gasteiger partial charge in [-0.1, -0.05) is 32.0 Å². The van der Waals surface area contributed by atoms with Crippen molar-refractivity contribution < 1.29 is 0 Å². The van der Waals surface area contributed by atoms with E-state index in [1.54, 1.807) is 4.57 Å². The number of hydrogen-bond donors (Lipinski definition) is 0. The predicted octanol–water partition coefficient (Wildman–Crippen LogP) is 2.47. The van der Waals surface area contributed by atoms with Gasteiger partial charge in [-0.15, -0.1) is 0 Å². The predicted molar refractivity (Wildman–Crippen MR) is 83.3 cm³/mol. The summed E-state index contributed by atoms with van der Waals surface area (Å²) >= 11 is 0. The highest BCUT2D eigenvalue weighted by Gasteiger charge is 2.12. The summed E-state index contributed by atoms with van der Waals surface area (Å²) in [6, 6.07) is 8.05. The summed E-state index contributed by atoms with van der Waals surface area (Å²) in [4.78, 5) is 18.7. The zero-order chi connectivity index (χ0) is 14.7. The van der Waals surface area contributed by atoms with Gasteiger partial charge < -0.3 is 4.90 Å². The minimum atomic E-state index is -0.133. The van der Waals surface area contributed by atoms with Crippen LogP contribution in [-0.4, -0.2) is 35.1 Å². The highest BCUT2D eigenvalue weighted by atomic mass is 16.1. The molecule has 2 aromatic rings. The van der Waals surface area contributed by atoms with Gasteiger partial charge >= 0.3 is 5.69 Å². The first kappa shape index (κ1) is 14.7. The zero-order valence-corrected chi connectivity index (χ0v) is 12.8. The molecule has 2 rings (SSSR count). The van der Waals surface area contributed by atoms with Crippen molar-refractivity contribution in [2.45, 2.75) is 32.7 Å². The Balaban J connectivity index is 2.47. The van der Waals surface area contributed by atoms with Crippen LogP contribution in [-0.2, 0) is 6.54 Å². The molecule has 4 heteroatoms. The maximum absolute atomic E-state index is 12.3. The third kappa shape index (κ3) is 3.07. The van der Waals surface area contributed by atoms with Crippen LogP contribution in [0.15, 0.2) is 29.1 Å². The van der Waals surface area contributed by atoms with Gasteiger partial charge in [0.2, 0.25) is 0 Å². The number of para-hydroxylation sites is 1. The molecule has 0 aliphatic rings. The van der Waals surface area contributed by atoms with E-state index in [9.17, 15) is 4.79 Å². The summed E-state index contributed by atoms with van der Waals surface area (Å²) in [6.45, 7) is 5.82. The number of rotatable bonds is 5. The first-order valence-electron chi connectivity index (χ1n) is 7.15. The standard InChI is InChI=1S/C16H23N3O/c1-12(2)15-13-8-5-6-9-14(13)19(16(20)17-15)11-7-10-18(3)4/h5-6,8-9,12H,7,10-11H2,1-4H3. The Kier molecular flexibility index (Phi) is 4.55. The molecule has 108 valence electrons. The molecule has 1 aromatic heterocycles. The molecule has 0 fully saturated rings. The Bertz CT molecular complexity index is 644. The minimum Gasteiger partial charge on any atom is -0.309 e.